The molecule has 0 aliphatic rings. The number of thiophene rings is 1. The summed E-state index contributed by atoms with van der Waals surface area (Å²) in [6.07, 6.45) is 0. The zero-order chi connectivity index (χ0) is 13.1. The number of benzene rings is 1. The summed E-state index contributed by atoms with van der Waals surface area (Å²) in [5.74, 6) is -0.0234. The molecule has 2 nitrogen and oxygen atoms in total. The van der Waals surface area contributed by atoms with Crippen LogP contribution in [0.1, 0.15) is 21.5 Å². The second-order valence-corrected chi connectivity index (χ2v) is 5.27. The van der Waals surface area contributed by atoms with E-state index >= 15 is 0 Å². The van der Waals surface area contributed by atoms with Gasteiger partial charge in [0.05, 0.1) is 11.1 Å². The fourth-order valence-corrected chi connectivity index (χ4v) is 2.86. The van der Waals surface area contributed by atoms with E-state index in [0.29, 0.717) is 16.1 Å². The van der Waals surface area contributed by atoms with Crippen LogP contribution in [0.4, 0.5) is 5.00 Å². The Kier molecular flexibility index (Phi) is 4.11. The first kappa shape index (κ1) is 13.2. The summed E-state index contributed by atoms with van der Waals surface area (Å²) in [5, 5.41) is 6.25. The molecule has 0 saturated carbocycles. The molecule has 2 aromatic rings. The summed E-state index contributed by atoms with van der Waals surface area (Å²) in [5.41, 5.74) is 3.64. The van der Waals surface area contributed by atoms with Crippen LogP contribution in [0.5, 0.6) is 0 Å². The van der Waals surface area contributed by atoms with Gasteiger partial charge < -0.3 is 5.32 Å². The third-order valence-electron chi connectivity index (χ3n) is 2.50. The van der Waals surface area contributed by atoms with Gasteiger partial charge in [0, 0.05) is 10.6 Å². The Bertz CT molecular complexity index is 590. The number of nitrogens with one attached hydrogen (secondary N) is 1. The summed E-state index contributed by atoms with van der Waals surface area (Å²) in [6.45, 7) is 1.91. The number of halogens is 1. The highest BCUT2D eigenvalue weighted by Gasteiger charge is 2.17. The van der Waals surface area contributed by atoms with E-state index in [1.54, 1.807) is 24.3 Å². The standard InChI is InChI=1S/C13H10ClNOS2/c1-8-6-18-13(15-7-17)11(8)12(16)9-2-4-10(14)5-3-9/h2-7H,1H3,(H,15,17). The molecule has 18 heavy (non-hydrogen) atoms. The van der Waals surface area contributed by atoms with Gasteiger partial charge >= 0.3 is 0 Å². The van der Waals surface area contributed by atoms with Crippen molar-refractivity contribution in [1.29, 1.82) is 0 Å². The van der Waals surface area contributed by atoms with E-state index < -0.39 is 0 Å². The molecule has 0 fully saturated rings. The fourth-order valence-electron chi connectivity index (χ4n) is 1.63. The molecule has 1 aromatic heterocycles. The SMILES string of the molecule is Cc1csc(NC=S)c1C(=O)c1ccc(Cl)cc1. The van der Waals surface area contributed by atoms with E-state index in [1.807, 2.05) is 12.3 Å². The zero-order valence-electron chi connectivity index (χ0n) is 9.57. The van der Waals surface area contributed by atoms with Gasteiger partial charge in [0.2, 0.25) is 0 Å². The van der Waals surface area contributed by atoms with E-state index in [-0.39, 0.29) is 5.78 Å². The average molecular weight is 296 g/mol. The van der Waals surface area contributed by atoms with Crippen molar-refractivity contribution in [1.82, 2.24) is 0 Å². The normalized spacial score (nSPS) is 10.1. The number of hydrogen-bond donors (Lipinski definition) is 1. The third kappa shape index (κ3) is 2.61. The number of ketones is 1. The molecule has 0 aliphatic heterocycles. The van der Waals surface area contributed by atoms with Crippen molar-refractivity contribution in [3.8, 4) is 0 Å². The molecule has 0 unspecified atom stereocenters. The minimum absolute atomic E-state index is 0.0234. The van der Waals surface area contributed by atoms with Crippen molar-refractivity contribution >= 4 is 51.4 Å². The zero-order valence-corrected chi connectivity index (χ0v) is 12.0. The molecule has 0 bridgehead atoms. The Morgan fingerprint density at radius 1 is 1.39 bits per heavy atom. The predicted molar refractivity (Wildman–Crippen MR) is 81.2 cm³/mol. The Morgan fingerprint density at radius 2 is 2.06 bits per heavy atom. The maximum atomic E-state index is 12.4. The molecule has 0 aliphatic carbocycles. The highest BCUT2D eigenvalue weighted by molar-refractivity contribution is 7.79. The third-order valence-corrected chi connectivity index (χ3v) is 3.90. The van der Waals surface area contributed by atoms with Gasteiger partial charge in [-0.1, -0.05) is 23.8 Å². The Hall–Kier alpha value is -1.23. The highest BCUT2D eigenvalue weighted by atomic mass is 35.5. The van der Waals surface area contributed by atoms with Crippen LogP contribution in [-0.2, 0) is 0 Å². The Morgan fingerprint density at radius 3 is 2.67 bits per heavy atom. The Labute approximate surface area is 120 Å². The highest BCUT2D eigenvalue weighted by Crippen LogP contribution is 2.29. The summed E-state index contributed by atoms with van der Waals surface area (Å²) in [4.78, 5) is 12.4. The maximum absolute atomic E-state index is 12.4. The van der Waals surface area contributed by atoms with E-state index in [2.05, 4.69) is 5.32 Å². The van der Waals surface area contributed by atoms with Crippen LogP contribution >= 0.6 is 35.2 Å². The molecule has 2 rings (SSSR count). The van der Waals surface area contributed by atoms with Gasteiger partial charge in [-0.2, -0.15) is 0 Å². The summed E-state index contributed by atoms with van der Waals surface area (Å²) in [7, 11) is 0. The molecule has 1 heterocycles. The van der Waals surface area contributed by atoms with Gasteiger partial charge in [-0.05, 0) is 42.1 Å². The van der Waals surface area contributed by atoms with Gasteiger partial charge in [0.25, 0.3) is 0 Å². The summed E-state index contributed by atoms with van der Waals surface area (Å²) < 4.78 is 0. The number of hydrogen-bond acceptors (Lipinski definition) is 3. The predicted octanol–water partition coefficient (Wildman–Crippen LogP) is 4.31. The minimum Gasteiger partial charge on any atom is -0.344 e. The number of thiocarbonyl (C=S) groups is 1. The van der Waals surface area contributed by atoms with E-state index in [9.17, 15) is 4.79 Å². The quantitative estimate of drug-likeness (QED) is 0.673. The van der Waals surface area contributed by atoms with Crippen LogP contribution in [0.25, 0.3) is 0 Å². The van der Waals surface area contributed by atoms with Crippen LogP contribution in [0.3, 0.4) is 0 Å². The van der Waals surface area contributed by atoms with Crippen molar-refractivity contribution in [3.63, 3.8) is 0 Å². The van der Waals surface area contributed by atoms with Crippen LogP contribution < -0.4 is 5.32 Å². The second-order valence-electron chi connectivity index (χ2n) is 3.72. The molecule has 0 atom stereocenters. The monoisotopic (exact) mass is 295 g/mol. The summed E-state index contributed by atoms with van der Waals surface area (Å²) >= 11 is 12.0. The molecule has 1 aromatic carbocycles. The largest absolute Gasteiger partial charge is 0.344 e. The lowest BCUT2D eigenvalue weighted by molar-refractivity contribution is 0.103. The number of carbonyl (C=O) groups excluding carboxylic acids is 1. The molecule has 0 saturated heterocycles. The Balaban J connectivity index is 2.42. The molecular formula is C13H10ClNOS2. The lowest BCUT2D eigenvalue weighted by Gasteiger charge is -2.04. The van der Waals surface area contributed by atoms with Gasteiger partial charge in [-0.15, -0.1) is 11.3 Å². The first-order valence-electron chi connectivity index (χ1n) is 5.22. The van der Waals surface area contributed by atoms with Crippen molar-refractivity contribution < 1.29 is 4.79 Å². The molecule has 0 amide bonds. The van der Waals surface area contributed by atoms with Gasteiger partial charge in [0.15, 0.2) is 5.78 Å². The van der Waals surface area contributed by atoms with E-state index in [1.165, 1.54) is 16.8 Å². The van der Waals surface area contributed by atoms with E-state index in [0.717, 1.165) is 10.6 Å². The smallest absolute Gasteiger partial charge is 0.196 e. The van der Waals surface area contributed by atoms with Crippen molar-refractivity contribution in [2.45, 2.75) is 6.92 Å². The lowest BCUT2D eigenvalue weighted by Crippen LogP contribution is -2.05. The molecule has 92 valence electrons. The van der Waals surface area contributed by atoms with Gasteiger partial charge in [0.1, 0.15) is 5.00 Å². The minimum atomic E-state index is -0.0234. The molecule has 1 N–H and O–H groups in total. The lowest BCUT2D eigenvalue weighted by atomic mass is 10.0. The first-order valence-corrected chi connectivity index (χ1v) is 6.95. The molecule has 0 radical (unpaired) electrons. The van der Waals surface area contributed by atoms with Crippen molar-refractivity contribution in [3.05, 3.63) is 51.4 Å². The topological polar surface area (TPSA) is 29.1 Å². The second kappa shape index (κ2) is 5.61. The maximum Gasteiger partial charge on any atom is 0.196 e. The number of rotatable bonds is 4. The van der Waals surface area contributed by atoms with Crippen molar-refractivity contribution in [2.75, 3.05) is 5.32 Å². The number of anilines is 1. The number of carbonyl (C=O) groups is 1. The van der Waals surface area contributed by atoms with Crippen LogP contribution in [0.15, 0.2) is 29.6 Å². The fraction of sp³-hybridized carbons (Fsp3) is 0.0769. The molecular weight excluding hydrogens is 286 g/mol. The van der Waals surface area contributed by atoms with Crippen LogP contribution in [0.2, 0.25) is 5.02 Å². The first-order chi connectivity index (χ1) is 8.63. The van der Waals surface area contributed by atoms with Crippen LogP contribution in [-0.4, -0.2) is 11.3 Å². The van der Waals surface area contributed by atoms with E-state index in [4.69, 9.17) is 23.8 Å². The molecule has 0 spiro atoms. The summed E-state index contributed by atoms with van der Waals surface area (Å²) in [6, 6.07) is 6.87. The number of aryl methyl sites for hydroxylation is 1. The van der Waals surface area contributed by atoms with Gasteiger partial charge in [-0.25, -0.2) is 0 Å². The van der Waals surface area contributed by atoms with Crippen molar-refractivity contribution in [2.24, 2.45) is 0 Å². The van der Waals surface area contributed by atoms with Gasteiger partial charge in [-0.3, -0.25) is 4.79 Å². The molecule has 5 heteroatoms. The average Bonchev–Trinajstić information content (AvgIpc) is 2.71. The van der Waals surface area contributed by atoms with Crippen LogP contribution in [0, 0.1) is 6.92 Å².